The quantitative estimate of drug-likeness (QED) is 0.723. The number of aromatic amines is 1. The van der Waals surface area contributed by atoms with Crippen molar-refractivity contribution in [3.05, 3.63) is 65.2 Å². The zero-order chi connectivity index (χ0) is 17.9. The van der Waals surface area contributed by atoms with E-state index in [9.17, 15) is 9.18 Å². The van der Waals surface area contributed by atoms with E-state index >= 15 is 0 Å². The molecule has 3 aromatic rings. The Labute approximate surface area is 149 Å². The van der Waals surface area contributed by atoms with Crippen LogP contribution >= 0.6 is 0 Å². The molecule has 1 aromatic carbocycles. The van der Waals surface area contributed by atoms with Gasteiger partial charge in [0.15, 0.2) is 0 Å². The fraction of sp³-hybridized carbons (Fsp3) is 0.300. The number of pyridine rings is 1. The normalized spacial score (nSPS) is 20.2. The van der Waals surface area contributed by atoms with E-state index in [0.717, 1.165) is 35.1 Å². The second-order valence-corrected chi connectivity index (χ2v) is 7.15. The molecule has 132 valence electrons. The highest BCUT2D eigenvalue weighted by Crippen LogP contribution is 2.57. The summed E-state index contributed by atoms with van der Waals surface area (Å²) in [6, 6.07) is 9.97. The van der Waals surface area contributed by atoms with Crippen LogP contribution in [0.2, 0.25) is 0 Å². The summed E-state index contributed by atoms with van der Waals surface area (Å²) in [5.74, 6) is -0.324. The zero-order valence-electron chi connectivity index (χ0n) is 14.3. The van der Waals surface area contributed by atoms with E-state index in [1.54, 1.807) is 17.2 Å². The molecule has 1 aliphatic heterocycles. The van der Waals surface area contributed by atoms with Gasteiger partial charge < -0.3 is 9.72 Å². The molecule has 1 saturated carbocycles. The van der Waals surface area contributed by atoms with Gasteiger partial charge in [0.2, 0.25) is 0 Å². The van der Waals surface area contributed by atoms with E-state index in [0.29, 0.717) is 6.54 Å². The van der Waals surface area contributed by atoms with Crippen LogP contribution in [0.3, 0.4) is 0 Å². The second-order valence-electron chi connectivity index (χ2n) is 7.15. The number of amides is 1. The molecular formula is C20H18FN3O2. The number of ether oxygens (including phenoxy) is 1. The van der Waals surface area contributed by atoms with Gasteiger partial charge in [-0.2, -0.15) is 0 Å². The van der Waals surface area contributed by atoms with Crippen LogP contribution in [-0.4, -0.2) is 34.6 Å². The summed E-state index contributed by atoms with van der Waals surface area (Å²) in [7, 11) is 1.38. The fourth-order valence-electron chi connectivity index (χ4n) is 4.34. The number of methoxy groups -OCH3 is 1. The number of nitrogens with one attached hydrogen (secondary N) is 1. The molecule has 1 spiro atoms. The summed E-state index contributed by atoms with van der Waals surface area (Å²) in [5.41, 5.74) is 3.60. The van der Waals surface area contributed by atoms with Crippen molar-refractivity contribution in [2.45, 2.75) is 24.3 Å². The smallest absolute Gasteiger partial charge is 0.410 e. The minimum Gasteiger partial charge on any atom is -0.453 e. The van der Waals surface area contributed by atoms with Gasteiger partial charge in [0.25, 0.3) is 0 Å². The average molecular weight is 351 g/mol. The Balaban J connectivity index is 1.78. The first kappa shape index (κ1) is 15.4. The molecule has 26 heavy (non-hydrogen) atoms. The second kappa shape index (κ2) is 5.30. The Morgan fingerprint density at radius 2 is 2.19 bits per heavy atom. The molecule has 6 heteroatoms. The van der Waals surface area contributed by atoms with Gasteiger partial charge in [-0.05, 0) is 48.2 Å². The average Bonchev–Trinajstić information content (AvgIpc) is 3.30. The summed E-state index contributed by atoms with van der Waals surface area (Å²) >= 11 is 0. The van der Waals surface area contributed by atoms with Gasteiger partial charge in [-0.1, -0.05) is 12.1 Å². The number of carbonyl (C=O) groups is 1. The molecule has 1 amide bonds. The number of nitrogens with zero attached hydrogens (tertiary/aromatic N) is 2. The van der Waals surface area contributed by atoms with Gasteiger partial charge in [0.1, 0.15) is 17.5 Å². The molecule has 1 N–H and O–H groups in total. The van der Waals surface area contributed by atoms with Crippen LogP contribution in [0.15, 0.2) is 42.6 Å². The number of hydrogen-bond donors (Lipinski definition) is 1. The Hall–Kier alpha value is -2.89. The van der Waals surface area contributed by atoms with Crippen molar-refractivity contribution < 1.29 is 13.9 Å². The highest BCUT2D eigenvalue weighted by Gasteiger charge is 2.55. The first-order chi connectivity index (χ1) is 12.6. The summed E-state index contributed by atoms with van der Waals surface area (Å²) < 4.78 is 19.0. The standard InChI is InChI=1S/C20H18FN3O2/c1-26-19(25)24-11-20(7-8-20)15-14-6-3-9-22-18(14)23-16(15)17(24)12-4-2-5-13(21)10-12/h2-6,9-10,17H,7-8,11H2,1H3,(H,22,23). The number of halogens is 1. The topological polar surface area (TPSA) is 58.2 Å². The van der Waals surface area contributed by atoms with Crippen molar-refractivity contribution in [3.8, 4) is 0 Å². The molecule has 2 aromatic heterocycles. The molecule has 5 rings (SSSR count). The van der Waals surface area contributed by atoms with Gasteiger partial charge in [-0.15, -0.1) is 0 Å². The largest absolute Gasteiger partial charge is 0.453 e. The van der Waals surface area contributed by atoms with Crippen molar-refractivity contribution in [2.75, 3.05) is 13.7 Å². The summed E-state index contributed by atoms with van der Waals surface area (Å²) in [5, 5.41) is 1.09. The van der Waals surface area contributed by atoms with E-state index in [4.69, 9.17) is 4.74 Å². The SMILES string of the molecule is COC(=O)N1CC2(CC2)c2c([nH]c3ncccc23)C1c1cccc(F)c1. The van der Waals surface area contributed by atoms with Crippen molar-refractivity contribution in [1.29, 1.82) is 0 Å². The van der Waals surface area contributed by atoms with E-state index in [1.807, 2.05) is 12.1 Å². The van der Waals surface area contributed by atoms with Crippen molar-refractivity contribution in [2.24, 2.45) is 0 Å². The molecular weight excluding hydrogens is 333 g/mol. The van der Waals surface area contributed by atoms with Crippen LogP contribution in [0, 0.1) is 5.82 Å². The zero-order valence-corrected chi connectivity index (χ0v) is 14.3. The number of benzene rings is 1. The van der Waals surface area contributed by atoms with Gasteiger partial charge >= 0.3 is 6.09 Å². The Kier molecular flexibility index (Phi) is 3.13. The molecule has 3 heterocycles. The van der Waals surface area contributed by atoms with Gasteiger partial charge in [-0.3, -0.25) is 4.90 Å². The molecule has 2 aliphatic rings. The Morgan fingerprint density at radius 3 is 2.92 bits per heavy atom. The number of fused-ring (bicyclic) bond motifs is 4. The molecule has 1 atom stereocenters. The van der Waals surface area contributed by atoms with E-state index in [-0.39, 0.29) is 11.2 Å². The highest BCUT2D eigenvalue weighted by molar-refractivity contribution is 5.85. The molecule has 1 fully saturated rings. The van der Waals surface area contributed by atoms with Crippen LogP contribution in [-0.2, 0) is 10.2 Å². The van der Waals surface area contributed by atoms with Crippen LogP contribution in [0.1, 0.15) is 35.7 Å². The van der Waals surface area contributed by atoms with Crippen molar-refractivity contribution in [3.63, 3.8) is 0 Å². The lowest BCUT2D eigenvalue weighted by Crippen LogP contribution is -2.45. The lowest BCUT2D eigenvalue weighted by molar-refractivity contribution is 0.101. The monoisotopic (exact) mass is 351 g/mol. The number of carbonyl (C=O) groups excluding carboxylic acids is 1. The number of aromatic nitrogens is 2. The number of hydrogen-bond acceptors (Lipinski definition) is 3. The van der Waals surface area contributed by atoms with Gasteiger partial charge in [-0.25, -0.2) is 14.2 Å². The third kappa shape index (κ3) is 2.08. The van der Waals surface area contributed by atoms with Gasteiger partial charge in [0, 0.05) is 29.2 Å². The molecule has 5 nitrogen and oxygen atoms in total. The first-order valence-electron chi connectivity index (χ1n) is 8.70. The molecule has 0 bridgehead atoms. The molecule has 0 radical (unpaired) electrons. The summed E-state index contributed by atoms with van der Waals surface area (Å²) in [6.07, 6.45) is 3.39. The maximum atomic E-state index is 13.9. The summed E-state index contributed by atoms with van der Waals surface area (Å²) in [6.45, 7) is 0.565. The van der Waals surface area contributed by atoms with Crippen LogP contribution in [0.5, 0.6) is 0 Å². The maximum Gasteiger partial charge on any atom is 0.410 e. The molecule has 0 saturated heterocycles. The lowest BCUT2D eigenvalue weighted by atomic mass is 9.83. The minimum atomic E-state index is -0.423. The number of rotatable bonds is 1. The van der Waals surface area contributed by atoms with Crippen LogP contribution in [0.25, 0.3) is 11.0 Å². The van der Waals surface area contributed by atoms with Crippen LogP contribution in [0.4, 0.5) is 9.18 Å². The highest BCUT2D eigenvalue weighted by atomic mass is 19.1. The lowest BCUT2D eigenvalue weighted by Gasteiger charge is -2.39. The maximum absolute atomic E-state index is 13.9. The van der Waals surface area contributed by atoms with E-state index in [1.165, 1.54) is 24.8 Å². The summed E-state index contributed by atoms with van der Waals surface area (Å²) in [4.78, 5) is 22.1. The third-order valence-corrected chi connectivity index (χ3v) is 5.62. The van der Waals surface area contributed by atoms with Gasteiger partial charge in [0.05, 0.1) is 7.11 Å². The van der Waals surface area contributed by atoms with E-state index < -0.39 is 12.1 Å². The fourth-order valence-corrected chi connectivity index (χ4v) is 4.34. The third-order valence-electron chi connectivity index (χ3n) is 5.62. The van der Waals surface area contributed by atoms with Crippen LogP contribution < -0.4 is 0 Å². The number of H-pyrrole nitrogens is 1. The predicted molar refractivity (Wildman–Crippen MR) is 94.4 cm³/mol. The van der Waals surface area contributed by atoms with Crippen molar-refractivity contribution >= 4 is 17.1 Å². The van der Waals surface area contributed by atoms with E-state index in [2.05, 4.69) is 16.0 Å². The predicted octanol–water partition coefficient (Wildman–Crippen LogP) is 3.91. The molecule has 1 unspecified atom stereocenters. The Morgan fingerprint density at radius 1 is 1.35 bits per heavy atom. The molecule has 1 aliphatic carbocycles. The first-order valence-corrected chi connectivity index (χ1v) is 8.70. The minimum absolute atomic E-state index is 0.0609. The van der Waals surface area contributed by atoms with Crippen molar-refractivity contribution in [1.82, 2.24) is 14.9 Å². The Bertz CT molecular complexity index is 1020.